The third-order valence-electron chi connectivity index (χ3n) is 3.97. The monoisotopic (exact) mass is 350 g/mol. The number of esters is 1. The van der Waals surface area contributed by atoms with E-state index < -0.39 is 29.9 Å². The van der Waals surface area contributed by atoms with Gasteiger partial charge in [-0.2, -0.15) is 0 Å². The molecule has 1 aliphatic rings. The first-order valence-electron chi connectivity index (χ1n) is 7.60. The van der Waals surface area contributed by atoms with Gasteiger partial charge in [-0.1, -0.05) is 36.2 Å². The van der Waals surface area contributed by atoms with E-state index in [1.807, 2.05) is 6.07 Å². The Kier molecular flexibility index (Phi) is 5.98. The van der Waals surface area contributed by atoms with E-state index in [0.29, 0.717) is 17.9 Å². The van der Waals surface area contributed by atoms with Crippen molar-refractivity contribution in [2.45, 2.75) is 24.7 Å². The average molecular weight is 351 g/mol. The summed E-state index contributed by atoms with van der Waals surface area (Å²) in [7, 11) is 0. The highest BCUT2D eigenvalue weighted by Gasteiger charge is 2.47. The fourth-order valence-electron chi connectivity index (χ4n) is 2.57. The summed E-state index contributed by atoms with van der Waals surface area (Å²) in [6, 6.07) is 6.42. The largest absolute Gasteiger partial charge is 0.455 e. The summed E-state index contributed by atoms with van der Waals surface area (Å²) in [5, 5.41) is 5.01. The smallest absolute Gasteiger partial charge is 0.321 e. The number of nitrogens with one attached hydrogen (secondary N) is 2. The molecule has 24 heavy (non-hydrogen) atoms. The van der Waals surface area contributed by atoms with Crippen LogP contribution in [-0.2, 0) is 19.7 Å². The van der Waals surface area contributed by atoms with Crippen LogP contribution in [0.2, 0.25) is 5.02 Å². The predicted molar refractivity (Wildman–Crippen MR) is 89.7 cm³/mol. The number of hydrogen-bond donors (Lipinski definition) is 2. The summed E-state index contributed by atoms with van der Waals surface area (Å²) in [6.07, 6.45) is 3.68. The third kappa shape index (κ3) is 4.14. The third-order valence-corrected chi connectivity index (χ3v) is 4.20. The lowest BCUT2D eigenvalue weighted by molar-refractivity contribution is -0.157. The maximum Gasteiger partial charge on any atom is 0.321 e. The second-order valence-corrected chi connectivity index (χ2v) is 6.01. The van der Waals surface area contributed by atoms with Gasteiger partial charge in [-0.15, -0.1) is 6.58 Å². The first kappa shape index (κ1) is 18.0. The summed E-state index contributed by atoms with van der Waals surface area (Å²) in [5.74, 6) is -1.16. The molecule has 0 aromatic heterocycles. The number of carbonyl (C=O) groups excluding carboxylic acids is 3. The Labute approximate surface area is 145 Å². The maximum absolute atomic E-state index is 12.5. The number of rotatable bonds is 6. The van der Waals surface area contributed by atoms with E-state index in [9.17, 15) is 14.4 Å². The molecule has 6 nitrogen and oxygen atoms in total. The predicted octanol–water partition coefficient (Wildman–Crippen LogP) is 2.32. The van der Waals surface area contributed by atoms with Crippen LogP contribution < -0.4 is 10.6 Å². The molecule has 1 saturated carbocycles. The minimum atomic E-state index is -0.754. The van der Waals surface area contributed by atoms with Crippen LogP contribution in [0.5, 0.6) is 0 Å². The lowest BCUT2D eigenvalue weighted by Gasteiger charge is -2.39. The second-order valence-electron chi connectivity index (χ2n) is 5.57. The van der Waals surface area contributed by atoms with Crippen molar-refractivity contribution in [1.29, 1.82) is 0 Å². The first-order chi connectivity index (χ1) is 11.5. The molecule has 0 spiro atoms. The van der Waals surface area contributed by atoms with Gasteiger partial charge in [0.1, 0.15) is 0 Å². The van der Waals surface area contributed by atoms with Crippen molar-refractivity contribution in [3.63, 3.8) is 0 Å². The van der Waals surface area contributed by atoms with Crippen LogP contribution in [0.4, 0.5) is 4.79 Å². The Hall–Kier alpha value is -2.34. The molecule has 7 heteroatoms. The zero-order valence-corrected chi connectivity index (χ0v) is 13.9. The Morgan fingerprint density at radius 2 is 2.08 bits per heavy atom. The number of benzene rings is 1. The van der Waals surface area contributed by atoms with Gasteiger partial charge in [-0.05, 0) is 30.5 Å². The molecule has 0 heterocycles. The van der Waals surface area contributed by atoms with Crippen molar-refractivity contribution in [2.75, 3.05) is 13.2 Å². The molecule has 2 N–H and O–H groups in total. The first-order valence-corrected chi connectivity index (χ1v) is 7.97. The molecule has 3 amide bonds. The molecule has 0 unspecified atom stereocenters. The van der Waals surface area contributed by atoms with E-state index in [1.165, 1.54) is 6.08 Å². The second kappa shape index (κ2) is 7.97. The topological polar surface area (TPSA) is 84.5 Å². The number of halogens is 1. The van der Waals surface area contributed by atoms with Crippen molar-refractivity contribution >= 4 is 29.5 Å². The fourth-order valence-corrected chi connectivity index (χ4v) is 2.76. The standard InChI is InChI=1S/C17H19ClN2O4/c1-2-9-19-16(23)20-14(21)11-24-15(22)17(7-4-8-17)12-5-3-6-13(18)10-12/h2-3,5-6,10H,1,4,7-9,11H2,(H2,19,20,21,23). The summed E-state index contributed by atoms with van der Waals surface area (Å²) in [5.41, 5.74) is 0.0337. The van der Waals surface area contributed by atoms with Crippen LogP contribution in [0, 0.1) is 0 Å². The molecule has 2 rings (SSSR count). The molecule has 128 valence electrons. The number of urea groups is 1. The summed E-state index contributed by atoms with van der Waals surface area (Å²) in [4.78, 5) is 35.4. The molecule has 1 aromatic carbocycles. The van der Waals surface area contributed by atoms with Gasteiger partial charge in [-0.3, -0.25) is 14.9 Å². The van der Waals surface area contributed by atoms with Gasteiger partial charge in [-0.25, -0.2) is 4.79 Å². The molecule has 1 fully saturated rings. The molecule has 0 atom stereocenters. The zero-order valence-electron chi connectivity index (χ0n) is 13.1. The van der Waals surface area contributed by atoms with Gasteiger partial charge >= 0.3 is 12.0 Å². The van der Waals surface area contributed by atoms with Crippen LogP contribution in [0.15, 0.2) is 36.9 Å². The summed E-state index contributed by atoms with van der Waals surface area (Å²) >= 11 is 6.00. The van der Waals surface area contributed by atoms with E-state index in [2.05, 4.69) is 17.2 Å². The quantitative estimate of drug-likeness (QED) is 0.609. The molecule has 0 radical (unpaired) electrons. The Balaban J connectivity index is 1.92. The normalized spacial score (nSPS) is 14.9. The van der Waals surface area contributed by atoms with Crippen molar-refractivity contribution < 1.29 is 19.1 Å². The maximum atomic E-state index is 12.5. The van der Waals surface area contributed by atoms with Crippen LogP contribution in [0.1, 0.15) is 24.8 Å². The molecular weight excluding hydrogens is 332 g/mol. The van der Waals surface area contributed by atoms with E-state index in [0.717, 1.165) is 12.0 Å². The highest BCUT2D eigenvalue weighted by Crippen LogP contribution is 2.45. The SMILES string of the molecule is C=CCNC(=O)NC(=O)COC(=O)C1(c2cccc(Cl)c2)CCC1. The van der Waals surface area contributed by atoms with E-state index in [1.54, 1.807) is 18.2 Å². The van der Waals surface area contributed by atoms with E-state index in [4.69, 9.17) is 16.3 Å². The van der Waals surface area contributed by atoms with Crippen LogP contribution in [0.25, 0.3) is 0 Å². The van der Waals surface area contributed by atoms with E-state index in [-0.39, 0.29) is 6.54 Å². The van der Waals surface area contributed by atoms with Gasteiger partial charge in [0.25, 0.3) is 5.91 Å². The number of ether oxygens (including phenoxy) is 1. The van der Waals surface area contributed by atoms with Crippen LogP contribution in [-0.4, -0.2) is 31.1 Å². The molecule has 0 aliphatic heterocycles. The van der Waals surface area contributed by atoms with Crippen molar-refractivity contribution in [3.05, 3.63) is 47.5 Å². The average Bonchev–Trinajstić information content (AvgIpc) is 2.50. The lowest BCUT2D eigenvalue weighted by atomic mass is 9.64. The Bertz CT molecular complexity index is 656. The Morgan fingerprint density at radius 1 is 1.33 bits per heavy atom. The number of amides is 3. The van der Waals surface area contributed by atoms with Gasteiger partial charge < -0.3 is 10.1 Å². The van der Waals surface area contributed by atoms with Crippen LogP contribution >= 0.6 is 11.6 Å². The molecule has 0 bridgehead atoms. The lowest BCUT2D eigenvalue weighted by Crippen LogP contribution is -2.46. The number of carbonyl (C=O) groups is 3. The van der Waals surface area contributed by atoms with Crippen molar-refractivity contribution in [3.8, 4) is 0 Å². The van der Waals surface area contributed by atoms with Gasteiger partial charge in [0.15, 0.2) is 6.61 Å². The van der Waals surface area contributed by atoms with Gasteiger partial charge in [0, 0.05) is 11.6 Å². The summed E-state index contributed by atoms with van der Waals surface area (Å²) < 4.78 is 5.12. The number of imide groups is 1. The molecule has 1 aromatic rings. The van der Waals surface area contributed by atoms with Gasteiger partial charge in [0.05, 0.1) is 5.41 Å². The Morgan fingerprint density at radius 3 is 2.67 bits per heavy atom. The minimum absolute atomic E-state index is 0.233. The zero-order chi connectivity index (χ0) is 17.6. The highest BCUT2D eigenvalue weighted by molar-refractivity contribution is 6.30. The van der Waals surface area contributed by atoms with Crippen molar-refractivity contribution in [2.24, 2.45) is 0 Å². The summed E-state index contributed by atoms with van der Waals surface area (Å²) in [6.45, 7) is 3.16. The molecule has 1 aliphatic carbocycles. The number of hydrogen-bond acceptors (Lipinski definition) is 4. The fraction of sp³-hybridized carbons (Fsp3) is 0.353. The van der Waals surface area contributed by atoms with Gasteiger partial charge in [0.2, 0.25) is 0 Å². The van der Waals surface area contributed by atoms with Crippen molar-refractivity contribution in [1.82, 2.24) is 10.6 Å². The van der Waals surface area contributed by atoms with E-state index >= 15 is 0 Å². The van der Waals surface area contributed by atoms with Crippen LogP contribution in [0.3, 0.4) is 0 Å². The minimum Gasteiger partial charge on any atom is -0.455 e. The molecular formula is C17H19ClN2O4. The highest BCUT2D eigenvalue weighted by atomic mass is 35.5. The molecule has 0 saturated heterocycles.